The summed E-state index contributed by atoms with van der Waals surface area (Å²) in [5, 5.41) is 18.9. The van der Waals surface area contributed by atoms with Gasteiger partial charge in [-0.1, -0.05) is 47.6 Å². The lowest BCUT2D eigenvalue weighted by molar-refractivity contribution is 0.0650. The van der Waals surface area contributed by atoms with Crippen LogP contribution >= 0.6 is 0 Å². The fraction of sp³-hybridized carbons (Fsp3) is 0.619. The highest BCUT2D eigenvalue weighted by Gasteiger charge is 2.24. The van der Waals surface area contributed by atoms with Crippen LogP contribution in [0.4, 0.5) is 0 Å². The third-order valence-electron chi connectivity index (χ3n) is 4.33. The molecule has 0 amide bonds. The highest BCUT2D eigenvalue weighted by molar-refractivity contribution is 6.03. The van der Waals surface area contributed by atoms with Crippen LogP contribution in [0.5, 0.6) is 0 Å². The van der Waals surface area contributed by atoms with Crippen molar-refractivity contribution in [1.29, 1.82) is 0 Å². The molecule has 0 saturated carbocycles. The normalized spacial score (nSPS) is 13.1. The summed E-state index contributed by atoms with van der Waals surface area (Å²) in [5.41, 5.74) is 1.76. The van der Waals surface area contributed by atoms with Gasteiger partial charge in [0.2, 0.25) is 0 Å². The molecule has 140 valence electrons. The summed E-state index contributed by atoms with van der Waals surface area (Å²) in [7, 11) is 0. The minimum absolute atomic E-state index is 0.0397. The highest BCUT2D eigenvalue weighted by Crippen LogP contribution is 2.29. The van der Waals surface area contributed by atoms with E-state index in [-0.39, 0.29) is 22.5 Å². The van der Waals surface area contributed by atoms with E-state index in [9.17, 15) is 19.8 Å². The molecule has 1 atom stereocenters. The van der Waals surface area contributed by atoms with Gasteiger partial charge < -0.3 is 10.2 Å². The average Bonchev–Trinajstić information content (AvgIpc) is 2.42. The van der Waals surface area contributed by atoms with Gasteiger partial charge in [-0.2, -0.15) is 0 Å². The molecule has 0 spiro atoms. The fourth-order valence-corrected chi connectivity index (χ4v) is 3.54. The second-order valence-corrected chi connectivity index (χ2v) is 8.74. The van der Waals surface area contributed by atoms with Crippen LogP contribution in [0.15, 0.2) is 12.1 Å². The Morgan fingerprint density at radius 2 is 1.64 bits per heavy atom. The van der Waals surface area contributed by atoms with Crippen LogP contribution in [0, 0.1) is 17.3 Å². The molecule has 0 heterocycles. The Morgan fingerprint density at radius 1 is 1.04 bits per heavy atom. The van der Waals surface area contributed by atoms with E-state index < -0.39 is 11.9 Å². The topological polar surface area (TPSA) is 74.6 Å². The number of rotatable bonds is 8. The van der Waals surface area contributed by atoms with Gasteiger partial charge in [0.25, 0.3) is 0 Å². The van der Waals surface area contributed by atoms with Crippen LogP contribution < -0.4 is 0 Å². The first kappa shape index (κ1) is 21.2. The number of aromatic carboxylic acids is 2. The van der Waals surface area contributed by atoms with Crippen molar-refractivity contribution in [3.63, 3.8) is 0 Å². The van der Waals surface area contributed by atoms with Crippen molar-refractivity contribution in [2.45, 2.75) is 67.2 Å². The first-order valence-electron chi connectivity index (χ1n) is 9.03. The summed E-state index contributed by atoms with van der Waals surface area (Å²) in [4.78, 5) is 23.2. The van der Waals surface area contributed by atoms with Gasteiger partial charge in [0.15, 0.2) is 0 Å². The van der Waals surface area contributed by atoms with Crippen molar-refractivity contribution in [3.05, 3.63) is 34.4 Å². The summed E-state index contributed by atoms with van der Waals surface area (Å²) < 4.78 is 0. The van der Waals surface area contributed by atoms with E-state index in [2.05, 4.69) is 27.7 Å². The molecule has 4 nitrogen and oxygen atoms in total. The van der Waals surface area contributed by atoms with Crippen LogP contribution in [0.25, 0.3) is 0 Å². The lowest BCUT2D eigenvalue weighted by Crippen LogP contribution is -2.16. The second-order valence-electron chi connectivity index (χ2n) is 8.74. The fourth-order valence-electron chi connectivity index (χ4n) is 3.54. The number of hydrogen-bond acceptors (Lipinski definition) is 2. The van der Waals surface area contributed by atoms with Crippen molar-refractivity contribution >= 4 is 11.9 Å². The molecule has 1 rings (SSSR count). The van der Waals surface area contributed by atoms with Crippen molar-refractivity contribution in [2.24, 2.45) is 17.3 Å². The van der Waals surface area contributed by atoms with Crippen LogP contribution in [-0.2, 0) is 12.8 Å². The zero-order valence-corrected chi connectivity index (χ0v) is 16.3. The Kier molecular flexibility index (Phi) is 7.21. The molecule has 0 bridgehead atoms. The number of carbonyl (C=O) groups is 2. The minimum atomic E-state index is -1.19. The maximum atomic E-state index is 11.7. The van der Waals surface area contributed by atoms with Crippen molar-refractivity contribution in [2.75, 3.05) is 0 Å². The number of benzene rings is 1. The first-order chi connectivity index (χ1) is 11.4. The molecule has 1 unspecified atom stereocenters. The molecule has 2 N–H and O–H groups in total. The molecule has 1 aromatic rings. The van der Waals surface area contributed by atoms with E-state index in [1.54, 1.807) is 6.07 Å². The Hall–Kier alpha value is -1.84. The molecule has 4 heteroatoms. The molecule has 0 aliphatic rings. The SMILES string of the molecule is CC(C)Cc1c(CCC(C)CC(C)(C)C)ccc(C(=O)O)c1C(=O)O. The largest absolute Gasteiger partial charge is 0.478 e. The van der Waals surface area contributed by atoms with Gasteiger partial charge in [-0.05, 0) is 60.1 Å². The zero-order valence-electron chi connectivity index (χ0n) is 16.3. The van der Waals surface area contributed by atoms with Gasteiger partial charge in [0, 0.05) is 0 Å². The maximum absolute atomic E-state index is 11.7. The monoisotopic (exact) mass is 348 g/mol. The van der Waals surface area contributed by atoms with E-state index in [0.717, 1.165) is 24.8 Å². The Balaban J connectivity index is 3.19. The van der Waals surface area contributed by atoms with Crippen molar-refractivity contribution < 1.29 is 19.8 Å². The quantitative estimate of drug-likeness (QED) is 0.669. The molecule has 0 fully saturated rings. The van der Waals surface area contributed by atoms with E-state index in [4.69, 9.17) is 0 Å². The van der Waals surface area contributed by atoms with Crippen LogP contribution in [-0.4, -0.2) is 22.2 Å². The van der Waals surface area contributed by atoms with E-state index in [1.807, 2.05) is 13.8 Å². The molecular formula is C21H32O4. The van der Waals surface area contributed by atoms with E-state index in [1.165, 1.54) is 6.07 Å². The van der Waals surface area contributed by atoms with Crippen LogP contribution in [0.3, 0.4) is 0 Å². The van der Waals surface area contributed by atoms with Crippen LogP contribution in [0.1, 0.15) is 86.2 Å². The third kappa shape index (κ3) is 6.52. The minimum Gasteiger partial charge on any atom is -0.478 e. The van der Waals surface area contributed by atoms with Gasteiger partial charge in [0.05, 0.1) is 11.1 Å². The summed E-state index contributed by atoms with van der Waals surface area (Å²) in [6, 6.07) is 3.25. The Labute approximate surface area is 151 Å². The van der Waals surface area contributed by atoms with Gasteiger partial charge in [-0.15, -0.1) is 0 Å². The molecule has 0 radical (unpaired) electrons. The molecule has 1 aromatic carbocycles. The van der Waals surface area contributed by atoms with E-state index in [0.29, 0.717) is 17.9 Å². The Bertz CT molecular complexity index is 624. The van der Waals surface area contributed by atoms with Crippen molar-refractivity contribution in [3.8, 4) is 0 Å². The summed E-state index contributed by atoms with van der Waals surface area (Å²) in [6.45, 7) is 12.9. The van der Waals surface area contributed by atoms with Gasteiger partial charge in [-0.3, -0.25) is 0 Å². The number of aryl methyl sites for hydroxylation is 1. The van der Waals surface area contributed by atoms with Gasteiger partial charge in [0.1, 0.15) is 0 Å². The smallest absolute Gasteiger partial charge is 0.336 e. The van der Waals surface area contributed by atoms with Crippen molar-refractivity contribution in [1.82, 2.24) is 0 Å². The second kappa shape index (κ2) is 8.50. The maximum Gasteiger partial charge on any atom is 0.336 e. The Morgan fingerprint density at radius 3 is 2.08 bits per heavy atom. The molecule has 0 aromatic heterocycles. The molecular weight excluding hydrogens is 316 g/mol. The lowest BCUT2D eigenvalue weighted by atomic mass is 9.82. The average molecular weight is 348 g/mol. The summed E-state index contributed by atoms with van der Waals surface area (Å²) in [6.07, 6.45) is 3.42. The summed E-state index contributed by atoms with van der Waals surface area (Å²) >= 11 is 0. The predicted molar refractivity (Wildman–Crippen MR) is 100 cm³/mol. The molecule has 0 saturated heterocycles. The standard InChI is InChI=1S/C21H32O4/c1-13(2)11-17-15(8-7-14(3)12-21(4,5)6)9-10-16(19(22)23)18(17)20(24)25/h9-10,13-14H,7-8,11-12H2,1-6H3,(H,22,23)(H,24,25). The zero-order chi connectivity index (χ0) is 19.4. The summed E-state index contributed by atoms with van der Waals surface area (Å²) in [5.74, 6) is -1.56. The first-order valence-corrected chi connectivity index (χ1v) is 9.03. The number of carboxylic acid groups (broad SMARTS) is 2. The molecule has 25 heavy (non-hydrogen) atoms. The predicted octanol–water partition coefficient (Wildman–Crippen LogP) is 5.29. The molecule has 0 aliphatic heterocycles. The third-order valence-corrected chi connectivity index (χ3v) is 4.33. The number of hydrogen-bond donors (Lipinski definition) is 2. The lowest BCUT2D eigenvalue weighted by Gasteiger charge is -2.24. The number of carboxylic acids is 2. The van der Waals surface area contributed by atoms with Crippen LogP contribution in [0.2, 0.25) is 0 Å². The van der Waals surface area contributed by atoms with Gasteiger partial charge in [-0.25, -0.2) is 9.59 Å². The van der Waals surface area contributed by atoms with E-state index >= 15 is 0 Å². The van der Waals surface area contributed by atoms with Gasteiger partial charge >= 0.3 is 11.9 Å². The molecule has 0 aliphatic carbocycles. The highest BCUT2D eigenvalue weighted by atomic mass is 16.4.